The lowest BCUT2D eigenvalue weighted by molar-refractivity contribution is -0.384. The predicted octanol–water partition coefficient (Wildman–Crippen LogP) is 1.79. The molecule has 10 heteroatoms. The van der Waals surface area contributed by atoms with Gasteiger partial charge in [-0.1, -0.05) is 13.8 Å². The lowest BCUT2D eigenvalue weighted by Gasteiger charge is -2.35. The molecular weight excluding hydrogens is 398 g/mol. The molecule has 0 spiro atoms. The topological polar surface area (TPSA) is 122 Å². The molecule has 0 bridgehead atoms. The molecule has 1 aliphatic rings. The maximum atomic E-state index is 12.7. The summed E-state index contributed by atoms with van der Waals surface area (Å²) in [5.41, 5.74) is 5.76. The van der Waals surface area contributed by atoms with E-state index in [9.17, 15) is 19.7 Å². The molecule has 162 valence electrons. The summed E-state index contributed by atoms with van der Waals surface area (Å²) in [6.07, 6.45) is 0. The van der Waals surface area contributed by atoms with Gasteiger partial charge in [0.2, 0.25) is 5.91 Å². The van der Waals surface area contributed by atoms with E-state index < -0.39 is 16.4 Å². The largest absolute Gasteiger partial charge is 0.362 e. The fourth-order valence-electron chi connectivity index (χ4n) is 3.10. The Morgan fingerprint density at radius 3 is 2.31 bits per heavy atom. The van der Waals surface area contributed by atoms with E-state index in [4.69, 9.17) is 5.73 Å². The summed E-state index contributed by atoms with van der Waals surface area (Å²) in [6, 6.07) is 4.50. The van der Waals surface area contributed by atoms with Crippen molar-refractivity contribution in [1.29, 1.82) is 0 Å². The van der Waals surface area contributed by atoms with Gasteiger partial charge >= 0.3 is 0 Å². The molecule has 0 aliphatic carbocycles. The number of nitrogens with two attached hydrogens (primary N) is 1. The number of piperazine rings is 1. The van der Waals surface area contributed by atoms with E-state index in [1.165, 1.54) is 13.0 Å². The van der Waals surface area contributed by atoms with E-state index in [1.807, 2.05) is 25.7 Å². The number of halogens is 1. The number of hydrogen-bond donors (Lipinski definition) is 2. The van der Waals surface area contributed by atoms with Crippen LogP contribution in [0.25, 0.3) is 0 Å². The molecule has 29 heavy (non-hydrogen) atoms. The zero-order chi connectivity index (χ0) is 21.1. The minimum Gasteiger partial charge on any atom is -0.362 e. The normalized spacial score (nSPS) is 16.1. The van der Waals surface area contributed by atoms with E-state index in [1.54, 1.807) is 17.0 Å². The molecule has 1 aromatic carbocycles. The van der Waals surface area contributed by atoms with Crippen LogP contribution in [0.3, 0.4) is 0 Å². The SMILES string of the molecule is CC(=O)N1CCN(c2ccc(C(=O)NC(C)(CN)C(C)C)cc2[N+](=O)[O-])CC1.Cl. The standard InChI is InChI=1S/C19H29N5O4.ClH/c1-13(2)19(4,12-20)21-18(26)15-5-6-16(17(11-15)24(27)28)23-9-7-22(8-10-23)14(3)25;/h5-6,11,13H,7-10,12,20H2,1-4H3,(H,21,26);1H. The van der Waals surface area contributed by atoms with E-state index in [0.717, 1.165) is 0 Å². The third-order valence-electron chi connectivity index (χ3n) is 5.60. The van der Waals surface area contributed by atoms with Crippen molar-refractivity contribution in [3.63, 3.8) is 0 Å². The van der Waals surface area contributed by atoms with Crippen LogP contribution < -0.4 is 16.0 Å². The molecule has 0 radical (unpaired) electrons. The molecule has 1 fully saturated rings. The lowest BCUT2D eigenvalue weighted by atomic mass is 9.88. The van der Waals surface area contributed by atoms with Gasteiger partial charge in [0.15, 0.2) is 0 Å². The fraction of sp³-hybridized carbons (Fsp3) is 0.579. The Hall–Kier alpha value is -2.39. The first kappa shape index (κ1) is 24.6. The van der Waals surface area contributed by atoms with Gasteiger partial charge in [-0.25, -0.2) is 0 Å². The van der Waals surface area contributed by atoms with Gasteiger partial charge in [-0.2, -0.15) is 0 Å². The van der Waals surface area contributed by atoms with Crippen LogP contribution in [-0.2, 0) is 4.79 Å². The molecule has 9 nitrogen and oxygen atoms in total. The first-order valence-corrected chi connectivity index (χ1v) is 9.40. The van der Waals surface area contributed by atoms with E-state index in [0.29, 0.717) is 31.9 Å². The number of nitro benzene ring substituents is 1. The van der Waals surface area contributed by atoms with Crippen LogP contribution in [0.1, 0.15) is 38.1 Å². The fourth-order valence-corrected chi connectivity index (χ4v) is 3.10. The highest BCUT2D eigenvalue weighted by Gasteiger charge is 2.30. The number of carbonyl (C=O) groups excluding carboxylic acids is 2. The van der Waals surface area contributed by atoms with Crippen molar-refractivity contribution in [2.75, 3.05) is 37.6 Å². The van der Waals surface area contributed by atoms with Crippen LogP contribution in [-0.4, -0.2) is 59.9 Å². The molecule has 1 unspecified atom stereocenters. The zero-order valence-electron chi connectivity index (χ0n) is 17.3. The summed E-state index contributed by atoms with van der Waals surface area (Å²) < 4.78 is 0. The van der Waals surface area contributed by atoms with Crippen molar-refractivity contribution in [2.45, 2.75) is 33.2 Å². The number of nitrogens with zero attached hydrogens (tertiary/aromatic N) is 3. The number of rotatable bonds is 6. The summed E-state index contributed by atoms with van der Waals surface area (Å²) in [4.78, 5) is 38.9. The molecule has 1 aliphatic heterocycles. The van der Waals surface area contributed by atoms with Crippen molar-refractivity contribution in [2.24, 2.45) is 11.7 Å². The van der Waals surface area contributed by atoms with E-state index >= 15 is 0 Å². The Morgan fingerprint density at radius 1 is 1.28 bits per heavy atom. The monoisotopic (exact) mass is 427 g/mol. The number of carbonyl (C=O) groups is 2. The van der Waals surface area contributed by atoms with Gasteiger partial charge in [0.25, 0.3) is 11.6 Å². The zero-order valence-corrected chi connectivity index (χ0v) is 18.1. The summed E-state index contributed by atoms with van der Waals surface area (Å²) in [5.74, 6) is -0.291. The van der Waals surface area contributed by atoms with Gasteiger partial charge in [-0.3, -0.25) is 19.7 Å². The summed E-state index contributed by atoms with van der Waals surface area (Å²) in [5, 5.41) is 14.5. The Labute approximate surface area is 177 Å². The number of nitrogens with one attached hydrogen (secondary N) is 1. The van der Waals surface area contributed by atoms with E-state index in [2.05, 4.69) is 5.32 Å². The highest BCUT2D eigenvalue weighted by atomic mass is 35.5. The molecule has 1 saturated heterocycles. The van der Waals surface area contributed by atoms with Crippen LogP contribution in [0.15, 0.2) is 18.2 Å². The first-order chi connectivity index (χ1) is 13.1. The molecule has 2 amide bonds. The minimum absolute atomic E-state index is 0. The Morgan fingerprint density at radius 2 is 1.86 bits per heavy atom. The van der Waals surface area contributed by atoms with Gasteiger partial charge in [0.05, 0.1) is 10.5 Å². The van der Waals surface area contributed by atoms with Crippen molar-refractivity contribution < 1.29 is 14.5 Å². The average Bonchev–Trinajstić information content (AvgIpc) is 2.67. The van der Waals surface area contributed by atoms with Gasteiger partial charge in [-0.05, 0) is 25.0 Å². The average molecular weight is 428 g/mol. The smallest absolute Gasteiger partial charge is 0.293 e. The number of nitro groups is 1. The number of benzene rings is 1. The number of hydrogen-bond acceptors (Lipinski definition) is 6. The van der Waals surface area contributed by atoms with Crippen molar-refractivity contribution in [3.8, 4) is 0 Å². The Bertz CT molecular complexity index is 765. The highest BCUT2D eigenvalue weighted by molar-refractivity contribution is 5.96. The third-order valence-corrected chi connectivity index (χ3v) is 5.60. The summed E-state index contributed by atoms with van der Waals surface area (Å²) >= 11 is 0. The van der Waals surface area contributed by atoms with Crippen molar-refractivity contribution in [3.05, 3.63) is 33.9 Å². The number of anilines is 1. The summed E-state index contributed by atoms with van der Waals surface area (Å²) in [6.45, 7) is 9.57. The highest BCUT2D eigenvalue weighted by Crippen LogP contribution is 2.30. The molecule has 0 aromatic heterocycles. The van der Waals surface area contributed by atoms with Crippen molar-refractivity contribution in [1.82, 2.24) is 10.2 Å². The molecule has 3 N–H and O–H groups in total. The van der Waals surface area contributed by atoms with E-state index in [-0.39, 0.29) is 42.0 Å². The maximum absolute atomic E-state index is 12.7. The second kappa shape index (κ2) is 9.89. The summed E-state index contributed by atoms with van der Waals surface area (Å²) in [7, 11) is 0. The van der Waals surface area contributed by atoms with Crippen LogP contribution in [0.5, 0.6) is 0 Å². The van der Waals surface area contributed by atoms with Crippen LogP contribution in [0.4, 0.5) is 11.4 Å². The van der Waals surface area contributed by atoms with Gasteiger partial charge < -0.3 is 20.9 Å². The maximum Gasteiger partial charge on any atom is 0.293 e. The van der Waals surface area contributed by atoms with Crippen molar-refractivity contribution >= 4 is 35.6 Å². The quantitative estimate of drug-likeness (QED) is 0.527. The molecule has 1 heterocycles. The lowest BCUT2D eigenvalue weighted by Crippen LogP contribution is -2.55. The first-order valence-electron chi connectivity index (χ1n) is 9.40. The second-order valence-electron chi connectivity index (χ2n) is 7.68. The molecule has 2 rings (SSSR count). The Balaban J connectivity index is 0.00000420. The molecule has 1 atom stereocenters. The van der Waals surface area contributed by atoms with Gasteiger partial charge in [0, 0.05) is 51.3 Å². The molecule has 1 aromatic rings. The van der Waals surface area contributed by atoms with Crippen LogP contribution in [0.2, 0.25) is 0 Å². The second-order valence-corrected chi connectivity index (χ2v) is 7.68. The predicted molar refractivity (Wildman–Crippen MR) is 115 cm³/mol. The Kier molecular flexibility index (Phi) is 8.40. The van der Waals surface area contributed by atoms with Crippen LogP contribution in [0, 0.1) is 16.0 Å². The number of amides is 2. The van der Waals surface area contributed by atoms with Crippen LogP contribution >= 0.6 is 12.4 Å². The third kappa shape index (κ3) is 5.57. The molecule has 0 saturated carbocycles. The van der Waals surface area contributed by atoms with Gasteiger partial charge in [-0.15, -0.1) is 12.4 Å². The molecular formula is C19H30ClN5O4. The minimum atomic E-state index is -0.604. The van der Waals surface area contributed by atoms with Gasteiger partial charge in [0.1, 0.15) is 5.69 Å².